The molecule has 2 rings (SSSR count). The molecule has 0 aliphatic rings. The Kier molecular flexibility index (Phi) is 3.57. The molecule has 18 heavy (non-hydrogen) atoms. The molecule has 0 aliphatic heterocycles. The number of nitrogens with zero attached hydrogens (tertiary/aromatic N) is 3. The fraction of sp³-hybridized carbons (Fsp3) is 0.250. The van der Waals surface area contributed by atoms with Gasteiger partial charge in [-0.3, -0.25) is 14.5 Å². The van der Waals surface area contributed by atoms with Gasteiger partial charge < -0.3 is 10.6 Å². The minimum atomic E-state index is -0.179. The molecule has 2 heterocycles. The van der Waals surface area contributed by atoms with E-state index in [2.05, 4.69) is 20.7 Å². The molecule has 6 heteroatoms. The summed E-state index contributed by atoms with van der Waals surface area (Å²) in [6, 6.07) is 5.34. The van der Waals surface area contributed by atoms with Crippen LogP contribution in [0.25, 0.3) is 0 Å². The summed E-state index contributed by atoms with van der Waals surface area (Å²) >= 11 is 0. The second-order valence-electron chi connectivity index (χ2n) is 3.79. The van der Waals surface area contributed by atoms with Crippen molar-refractivity contribution in [1.82, 2.24) is 20.1 Å². The topological polar surface area (TPSA) is 71.8 Å². The lowest BCUT2D eigenvalue weighted by atomic mass is 10.3. The summed E-state index contributed by atoms with van der Waals surface area (Å²) in [5.74, 6) is 0.549. The molecule has 0 aromatic carbocycles. The van der Waals surface area contributed by atoms with E-state index in [0.29, 0.717) is 12.2 Å². The molecular formula is C12H15N5O. The lowest BCUT2D eigenvalue weighted by molar-refractivity contribution is 0.0951. The van der Waals surface area contributed by atoms with Crippen LogP contribution >= 0.6 is 0 Å². The van der Waals surface area contributed by atoms with E-state index in [1.54, 1.807) is 23.0 Å². The van der Waals surface area contributed by atoms with E-state index >= 15 is 0 Å². The molecule has 2 aromatic heterocycles. The normalized spacial score (nSPS) is 10.1. The third-order valence-electron chi connectivity index (χ3n) is 2.32. The van der Waals surface area contributed by atoms with Gasteiger partial charge in [0.15, 0.2) is 5.82 Å². The molecule has 94 valence electrons. The van der Waals surface area contributed by atoms with Crippen LogP contribution in [0.5, 0.6) is 0 Å². The molecule has 0 unspecified atom stereocenters. The van der Waals surface area contributed by atoms with Crippen LogP contribution in [-0.2, 0) is 7.05 Å². The van der Waals surface area contributed by atoms with E-state index in [1.165, 1.54) is 0 Å². The number of aryl methyl sites for hydroxylation is 1. The Morgan fingerprint density at radius 2 is 2.28 bits per heavy atom. The summed E-state index contributed by atoms with van der Waals surface area (Å²) in [6.45, 7) is 2.45. The molecule has 2 N–H and O–H groups in total. The Morgan fingerprint density at radius 1 is 1.44 bits per heavy atom. The molecule has 0 radical (unpaired) electrons. The maximum Gasteiger partial charge on any atom is 0.269 e. The first-order chi connectivity index (χ1) is 8.69. The van der Waals surface area contributed by atoms with Crippen molar-refractivity contribution in [2.75, 3.05) is 11.9 Å². The lowest BCUT2D eigenvalue weighted by Crippen LogP contribution is -2.23. The van der Waals surface area contributed by atoms with Crippen molar-refractivity contribution in [3.8, 4) is 0 Å². The second kappa shape index (κ2) is 5.31. The van der Waals surface area contributed by atoms with Crippen LogP contribution in [0.3, 0.4) is 0 Å². The van der Waals surface area contributed by atoms with Crippen molar-refractivity contribution in [1.29, 1.82) is 0 Å². The summed E-state index contributed by atoms with van der Waals surface area (Å²) in [5.41, 5.74) is 1.17. The van der Waals surface area contributed by atoms with Gasteiger partial charge in [0.1, 0.15) is 5.69 Å². The SMILES string of the molecule is CCNC(=O)c1cc(Nc2ccn(C)n2)ccn1. The van der Waals surface area contributed by atoms with Crippen LogP contribution in [0, 0.1) is 0 Å². The zero-order chi connectivity index (χ0) is 13.0. The minimum Gasteiger partial charge on any atom is -0.351 e. The Labute approximate surface area is 105 Å². The molecule has 0 saturated carbocycles. The van der Waals surface area contributed by atoms with Crippen molar-refractivity contribution in [2.45, 2.75) is 6.92 Å². The predicted octanol–water partition coefficient (Wildman–Crippen LogP) is 1.31. The van der Waals surface area contributed by atoms with Crippen molar-refractivity contribution in [3.63, 3.8) is 0 Å². The molecular weight excluding hydrogens is 230 g/mol. The fourth-order valence-electron chi connectivity index (χ4n) is 1.51. The van der Waals surface area contributed by atoms with Gasteiger partial charge in [-0.15, -0.1) is 0 Å². The Morgan fingerprint density at radius 3 is 2.94 bits per heavy atom. The number of hydrogen-bond donors (Lipinski definition) is 2. The number of hydrogen-bond acceptors (Lipinski definition) is 4. The molecule has 0 atom stereocenters. The summed E-state index contributed by atoms with van der Waals surface area (Å²) < 4.78 is 1.70. The number of carbonyl (C=O) groups is 1. The van der Waals surface area contributed by atoms with Gasteiger partial charge in [-0.2, -0.15) is 5.10 Å². The van der Waals surface area contributed by atoms with Crippen LogP contribution in [0.15, 0.2) is 30.6 Å². The fourth-order valence-corrected chi connectivity index (χ4v) is 1.51. The average molecular weight is 245 g/mol. The van der Waals surface area contributed by atoms with Gasteiger partial charge in [-0.05, 0) is 19.1 Å². The quantitative estimate of drug-likeness (QED) is 0.852. The lowest BCUT2D eigenvalue weighted by Gasteiger charge is -2.05. The molecule has 0 spiro atoms. The first-order valence-corrected chi connectivity index (χ1v) is 5.70. The number of anilines is 2. The zero-order valence-electron chi connectivity index (χ0n) is 10.3. The van der Waals surface area contributed by atoms with Gasteiger partial charge >= 0.3 is 0 Å². The van der Waals surface area contributed by atoms with Gasteiger partial charge in [0.25, 0.3) is 5.91 Å². The third kappa shape index (κ3) is 2.85. The molecule has 0 fully saturated rings. The van der Waals surface area contributed by atoms with Gasteiger partial charge in [-0.1, -0.05) is 0 Å². The summed E-state index contributed by atoms with van der Waals surface area (Å²) in [4.78, 5) is 15.7. The van der Waals surface area contributed by atoms with E-state index in [1.807, 2.05) is 26.2 Å². The highest BCUT2D eigenvalue weighted by molar-refractivity contribution is 5.93. The molecule has 1 amide bonds. The number of pyridine rings is 1. The highest BCUT2D eigenvalue weighted by atomic mass is 16.1. The van der Waals surface area contributed by atoms with Gasteiger partial charge in [-0.25, -0.2) is 0 Å². The highest BCUT2D eigenvalue weighted by Crippen LogP contribution is 2.14. The first kappa shape index (κ1) is 12.1. The molecule has 6 nitrogen and oxygen atoms in total. The average Bonchev–Trinajstić information content (AvgIpc) is 2.75. The van der Waals surface area contributed by atoms with Crippen LogP contribution in [0.1, 0.15) is 17.4 Å². The number of nitrogens with one attached hydrogen (secondary N) is 2. The van der Waals surface area contributed by atoms with Gasteiger partial charge in [0.2, 0.25) is 0 Å². The number of carbonyl (C=O) groups excluding carboxylic acids is 1. The van der Waals surface area contributed by atoms with E-state index in [-0.39, 0.29) is 5.91 Å². The maximum absolute atomic E-state index is 11.6. The summed E-state index contributed by atoms with van der Waals surface area (Å²) in [6.07, 6.45) is 3.43. The van der Waals surface area contributed by atoms with Gasteiger partial charge in [0, 0.05) is 37.7 Å². The number of aromatic nitrogens is 3. The van der Waals surface area contributed by atoms with Crippen LogP contribution < -0.4 is 10.6 Å². The summed E-state index contributed by atoms with van der Waals surface area (Å²) in [5, 5.41) is 10.0. The Bertz CT molecular complexity index is 549. The van der Waals surface area contributed by atoms with Crippen molar-refractivity contribution in [2.24, 2.45) is 7.05 Å². The van der Waals surface area contributed by atoms with E-state index in [4.69, 9.17) is 0 Å². The third-order valence-corrected chi connectivity index (χ3v) is 2.32. The standard InChI is InChI=1S/C12H15N5O/c1-3-13-12(18)10-8-9(4-6-14-10)15-11-5-7-17(2)16-11/h4-8H,3H2,1-2H3,(H,13,18)(H,14,15,16). The van der Waals surface area contributed by atoms with E-state index in [9.17, 15) is 4.79 Å². The Balaban J connectivity index is 2.14. The molecule has 0 aliphatic carbocycles. The van der Waals surface area contributed by atoms with Crippen molar-refractivity contribution in [3.05, 3.63) is 36.3 Å². The highest BCUT2D eigenvalue weighted by Gasteiger charge is 2.06. The predicted molar refractivity (Wildman–Crippen MR) is 68.7 cm³/mol. The molecule has 2 aromatic rings. The monoisotopic (exact) mass is 245 g/mol. The molecule has 0 bridgehead atoms. The first-order valence-electron chi connectivity index (χ1n) is 5.70. The maximum atomic E-state index is 11.6. The second-order valence-corrected chi connectivity index (χ2v) is 3.79. The number of rotatable bonds is 4. The van der Waals surface area contributed by atoms with E-state index in [0.717, 1.165) is 11.5 Å². The van der Waals surface area contributed by atoms with Crippen LogP contribution in [0.4, 0.5) is 11.5 Å². The largest absolute Gasteiger partial charge is 0.351 e. The number of amides is 1. The smallest absolute Gasteiger partial charge is 0.269 e. The summed E-state index contributed by atoms with van der Waals surface area (Å²) in [7, 11) is 1.85. The van der Waals surface area contributed by atoms with Crippen molar-refractivity contribution >= 4 is 17.4 Å². The van der Waals surface area contributed by atoms with Crippen LogP contribution in [0.2, 0.25) is 0 Å². The minimum absolute atomic E-state index is 0.179. The zero-order valence-corrected chi connectivity index (χ0v) is 10.3. The van der Waals surface area contributed by atoms with Crippen LogP contribution in [-0.4, -0.2) is 27.2 Å². The van der Waals surface area contributed by atoms with E-state index < -0.39 is 0 Å². The molecule has 0 saturated heterocycles. The van der Waals surface area contributed by atoms with Gasteiger partial charge in [0.05, 0.1) is 0 Å². The van der Waals surface area contributed by atoms with Crippen molar-refractivity contribution < 1.29 is 4.79 Å². The Hall–Kier alpha value is -2.37.